The number of cyclic esters (lactones) is 1. The van der Waals surface area contributed by atoms with E-state index in [9.17, 15) is 9.90 Å². The zero-order valence-electron chi connectivity index (χ0n) is 15.8. The fraction of sp³-hybridized carbons (Fsp3) is 0.409. The average Bonchev–Trinajstić information content (AvgIpc) is 2.62. The number of carbonyl (C=O) groups excluding carboxylic acids is 1. The van der Waals surface area contributed by atoms with Gasteiger partial charge in [-0.25, -0.2) is 4.79 Å². The normalized spacial score (nSPS) is 20.4. The van der Waals surface area contributed by atoms with Crippen molar-refractivity contribution in [2.24, 2.45) is 0 Å². The molecular formula is C22H26BrNO3. The maximum absolute atomic E-state index is 12.8. The molecule has 1 heterocycles. The third kappa shape index (κ3) is 5.11. The minimum absolute atomic E-state index is 0.313. The third-order valence-electron chi connectivity index (χ3n) is 4.93. The lowest BCUT2D eigenvalue weighted by atomic mass is 9.80. The number of rotatable bonds is 6. The lowest BCUT2D eigenvalue weighted by Gasteiger charge is -2.44. The molecule has 1 atom stereocenters. The molecular weight excluding hydrogens is 406 g/mol. The molecule has 2 aromatic carbocycles. The Morgan fingerprint density at radius 2 is 1.81 bits per heavy atom. The van der Waals surface area contributed by atoms with Crippen molar-refractivity contribution in [3.05, 3.63) is 70.2 Å². The third-order valence-corrected chi connectivity index (χ3v) is 5.46. The number of benzene rings is 2. The summed E-state index contributed by atoms with van der Waals surface area (Å²) in [5.74, 6) is 0. The molecule has 5 heteroatoms. The maximum Gasteiger partial charge on any atom is 0.410 e. The van der Waals surface area contributed by atoms with Gasteiger partial charge in [0.2, 0.25) is 0 Å². The molecule has 2 aromatic rings. The van der Waals surface area contributed by atoms with Crippen LogP contribution in [0.25, 0.3) is 0 Å². The summed E-state index contributed by atoms with van der Waals surface area (Å²) in [6, 6.07) is 17.9. The highest BCUT2D eigenvalue weighted by Gasteiger charge is 2.45. The van der Waals surface area contributed by atoms with Gasteiger partial charge in [-0.3, -0.25) is 0 Å². The molecule has 1 amide bonds. The molecule has 0 radical (unpaired) electrons. The molecule has 0 saturated carbocycles. The predicted molar refractivity (Wildman–Crippen MR) is 110 cm³/mol. The van der Waals surface area contributed by atoms with Crippen molar-refractivity contribution in [1.82, 2.24) is 4.90 Å². The number of ether oxygens (including phenoxy) is 1. The summed E-state index contributed by atoms with van der Waals surface area (Å²) < 4.78 is 7.02. The van der Waals surface area contributed by atoms with E-state index in [0.717, 1.165) is 16.5 Å². The van der Waals surface area contributed by atoms with Crippen LogP contribution in [0.1, 0.15) is 37.8 Å². The van der Waals surface area contributed by atoms with E-state index in [2.05, 4.69) is 28.1 Å². The van der Waals surface area contributed by atoms with E-state index in [4.69, 9.17) is 4.74 Å². The van der Waals surface area contributed by atoms with Crippen molar-refractivity contribution in [3.8, 4) is 0 Å². The highest BCUT2D eigenvalue weighted by Crippen LogP contribution is 2.40. The number of aliphatic hydroxyl groups is 1. The molecule has 144 valence electrons. The summed E-state index contributed by atoms with van der Waals surface area (Å²) in [6.07, 6.45) is 1.50. The van der Waals surface area contributed by atoms with Gasteiger partial charge in [0.15, 0.2) is 0 Å². The summed E-state index contributed by atoms with van der Waals surface area (Å²) in [7, 11) is 0. The molecule has 1 fully saturated rings. The van der Waals surface area contributed by atoms with Crippen LogP contribution in [0.4, 0.5) is 4.79 Å². The van der Waals surface area contributed by atoms with Crippen LogP contribution in [0, 0.1) is 0 Å². The second kappa shape index (κ2) is 8.03. The highest BCUT2D eigenvalue weighted by molar-refractivity contribution is 9.10. The van der Waals surface area contributed by atoms with Gasteiger partial charge >= 0.3 is 6.09 Å². The van der Waals surface area contributed by atoms with Crippen molar-refractivity contribution in [2.45, 2.75) is 44.3 Å². The van der Waals surface area contributed by atoms with E-state index in [1.807, 2.05) is 42.5 Å². The van der Waals surface area contributed by atoms with E-state index in [1.54, 1.807) is 18.7 Å². The van der Waals surface area contributed by atoms with Crippen LogP contribution in [0.15, 0.2) is 59.1 Å². The molecule has 4 nitrogen and oxygen atoms in total. The van der Waals surface area contributed by atoms with Crippen LogP contribution in [-0.2, 0) is 16.8 Å². The Kier molecular flexibility index (Phi) is 5.92. The minimum Gasteiger partial charge on any atom is -0.438 e. The van der Waals surface area contributed by atoms with Crippen LogP contribution in [0.2, 0.25) is 0 Å². The first-order valence-corrected chi connectivity index (χ1v) is 10.1. The maximum atomic E-state index is 12.8. The molecule has 0 aliphatic carbocycles. The average molecular weight is 432 g/mol. The Morgan fingerprint density at radius 1 is 1.15 bits per heavy atom. The monoisotopic (exact) mass is 431 g/mol. The van der Waals surface area contributed by atoms with Crippen molar-refractivity contribution in [3.63, 3.8) is 0 Å². The second-order valence-electron chi connectivity index (χ2n) is 7.83. The molecule has 3 rings (SSSR count). The highest BCUT2D eigenvalue weighted by atomic mass is 79.9. The molecule has 0 bridgehead atoms. The Bertz CT molecular complexity index is 770. The van der Waals surface area contributed by atoms with Crippen LogP contribution in [0.3, 0.4) is 0 Å². The fourth-order valence-corrected chi connectivity index (χ4v) is 3.94. The predicted octanol–water partition coefficient (Wildman–Crippen LogP) is 4.89. The van der Waals surface area contributed by atoms with E-state index < -0.39 is 11.2 Å². The van der Waals surface area contributed by atoms with Gasteiger partial charge in [-0.05, 0) is 43.5 Å². The lowest BCUT2D eigenvalue weighted by Crippen LogP contribution is -2.51. The number of hydrogen-bond donors (Lipinski definition) is 1. The first-order valence-electron chi connectivity index (χ1n) is 9.28. The molecule has 0 aromatic heterocycles. The van der Waals surface area contributed by atoms with Crippen LogP contribution in [-0.4, -0.2) is 34.8 Å². The van der Waals surface area contributed by atoms with Crippen LogP contribution < -0.4 is 0 Å². The zero-order chi connectivity index (χ0) is 19.5. The SMILES string of the molecule is CC(C)(O)CC1(c2ccccc2)CCN(CCc2ccc(Br)cc2)C(=O)O1. The Morgan fingerprint density at radius 3 is 2.41 bits per heavy atom. The lowest BCUT2D eigenvalue weighted by molar-refractivity contribution is -0.0960. The van der Waals surface area contributed by atoms with E-state index in [1.165, 1.54) is 5.56 Å². The number of amides is 1. The topological polar surface area (TPSA) is 49.8 Å². The van der Waals surface area contributed by atoms with Crippen molar-refractivity contribution in [2.75, 3.05) is 13.1 Å². The number of hydrogen-bond acceptors (Lipinski definition) is 3. The van der Waals surface area contributed by atoms with E-state index >= 15 is 0 Å². The van der Waals surface area contributed by atoms with Crippen molar-refractivity contribution >= 4 is 22.0 Å². The van der Waals surface area contributed by atoms with Gasteiger partial charge in [0.05, 0.1) is 5.60 Å². The van der Waals surface area contributed by atoms with E-state index in [-0.39, 0.29) is 6.09 Å². The minimum atomic E-state index is -0.935. The van der Waals surface area contributed by atoms with Crippen LogP contribution >= 0.6 is 15.9 Å². The first kappa shape index (κ1) is 19.9. The van der Waals surface area contributed by atoms with Gasteiger partial charge in [0.25, 0.3) is 0 Å². The second-order valence-corrected chi connectivity index (χ2v) is 8.75. The summed E-state index contributed by atoms with van der Waals surface area (Å²) in [4.78, 5) is 14.5. The van der Waals surface area contributed by atoms with Gasteiger partial charge in [0.1, 0.15) is 5.60 Å². The largest absolute Gasteiger partial charge is 0.438 e. The number of carbonyl (C=O) groups is 1. The quantitative estimate of drug-likeness (QED) is 0.707. The zero-order valence-corrected chi connectivity index (χ0v) is 17.4. The molecule has 1 unspecified atom stereocenters. The Balaban J connectivity index is 1.72. The molecule has 1 N–H and O–H groups in total. The molecule has 1 aliphatic heterocycles. The van der Waals surface area contributed by atoms with Crippen LogP contribution in [0.5, 0.6) is 0 Å². The number of nitrogens with zero attached hydrogens (tertiary/aromatic N) is 1. The fourth-order valence-electron chi connectivity index (χ4n) is 3.68. The smallest absolute Gasteiger partial charge is 0.410 e. The van der Waals surface area contributed by atoms with Gasteiger partial charge in [0, 0.05) is 30.4 Å². The molecule has 0 spiro atoms. The standard InChI is InChI=1S/C22H26BrNO3/c1-21(2,26)16-22(18-6-4-3-5-7-18)13-15-24(20(25)27-22)14-12-17-8-10-19(23)11-9-17/h3-11,26H,12-16H2,1-2H3. The molecule has 1 saturated heterocycles. The van der Waals surface area contributed by atoms with Crippen molar-refractivity contribution < 1.29 is 14.6 Å². The van der Waals surface area contributed by atoms with Gasteiger partial charge in [-0.1, -0.05) is 58.4 Å². The van der Waals surface area contributed by atoms with Gasteiger partial charge in [-0.2, -0.15) is 0 Å². The summed E-state index contributed by atoms with van der Waals surface area (Å²) in [5, 5.41) is 10.4. The summed E-state index contributed by atoms with van der Waals surface area (Å²) in [5.41, 5.74) is 0.399. The van der Waals surface area contributed by atoms with E-state index in [0.29, 0.717) is 25.9 Å². The first-order chi connectivity index (χ1) is 12.8. The molecule has 1 aliphatic rings. The number of halogens is 1. The van der Waals surface area contributed by atoms with Gasteiger partial charge < -0.3 is 14.7 Å². The van der Waals surface area contributed by atoms with Crippen molar-refractivity contribution in [1.29, 1.82) is 0 Å². The molecule has 27 heavy (non-hydrogen) atoms. The Labute approximate surface area is 169 Å². The summed E-state index contributed by atoms with van der Waals surface area (Å²) >= 11 is 3.44. The Hall–Kier alpha value is -1.85. The summed E-state index contributed by atoms with van der Waals surface area (Å²) in [6.45, 7) is 4.74. The van der Waals surface area contributed by atoms with Gasteiger partial charge in [-0.15, -0.1) is 0 Å².